The lowest BCUT2D eigenvalue weighted by molar-refractivity contribution is -0.146. The van der Waals surface area contributed by atoms with E-state index >= 15 is 0 Å². The summed E-state index contributed by atoms with van der Waals surface area (Å²) in [4.78, 5) is 26.5. The number of anilines is 1. The smallest absolute Gasteiger partial charge is 0.308 e. The van der Waals surface area contributed by atoms with E-state index in [0.717, 1.165) is 31.4 Å². The van der Waals surface area contributed by atoms with Gasteiger partial charge in [-0.1, -0.05) is 18.9 Å². The van der Waals surface area contributed by atoms with E-state index in [9.17, 15) is 9.59 Å². The van der Waals surface area contributed by atoms with Gasteiger partial charge in [-0.15, -0.1) is 0 Å². The average molecular weight is 391 g/mol. The molecule has 2 aliphatic rings. The second kappa shape index (κ2) is 8.56. The minimum atomic E-state index is -0.678. The second-order valence-corrected chi connectivity index (χ2v) is 7.22. The number of amides is 1. The molecule has 3 rings (SSSR count). The van der Waals surface area contributed by atoms with E-state index < -0.39 is 12.0 Å². The molecule has 2 N–H and O–H groups in total. The average Bonchev–Trinajstić information content (AvgIpc) is 2.68. The molecule has 1 heterocycles. The van der Waals surface area contributed by atoms with E-state index in [1.807, 2.05) is 29.2 Å². The first kappa shape index (κ1) is 19.4. The molecule has 3 atom stereocenters. The molecule has 8 heteroatoms. The van der Waals surface area contributed by atoms with Gasteiger partial charge >= 0.3 is 5.97 Å². The maximum Gasteiger partial charge on any atom is 0.308 e. The predicted molar refractivity (Wildman–Crippen MR) is 106 cm³/mol. The fourth-order valence-electron chi connectivity index (χ4n) is 3.86. The van der Waals surface area contributed by atoms with Gasteiger partial charge < -0.3 is 25.0 Å². The molecule has 1 aliphatic carbocycles. The van der Waals surface area contributed by atoms with Gasteiger partial charge in [0.1, 0.15) is 11.8 Å². The zero-order valence-electron chi connectivity index (χ0n) is 15.6. The van der Waals surface area contributed by atoms with Gasteiger partial charge in [0.25, 0.3) is 0 Å². The SMILES string of the molecule is COC(=O)C[C@@H]1C(=O)N[C@@H]2CCCC[C@H]2N1C(=S)Nc1cccc(OC)c1. The first-order valence-electron chi connectivity index (χ1n) is 9.14. The maximum atomic E-state index is 12.7. The Bertz CT molecular complexity index is 727. The number of piperazine rings is 1. The first-order valence-corrected chi connectivity index (χ1v) is 9.55. The number of methoxy groups -OCH3 is 2. The Morgan fingerprint density at radius 1 is 1.33 bits per heavy atom. The lowest BCUT2D eigenvalue weighted by Crippen LogP contribution is -2.68. The lowest BCUT2D eigenvalue weighted by Gasteiger charge is -2.49. The fourth-order valence-corrected chi connectivity index (χ4v) is 4.24. The summed E-state index contributed by atoms with van der Waals surface area (Å²) in [5.41, 5.74) is 0.773. The Morgan fingerprint density at radius 3 is 2.85 bits per heavy atom. The van der Waals surface area contributed by atoms with Crippen LogP contribution >= 0.6 is 12.2 Å². The molecule has 0 aromatic heterocycles. The molecule has 146 valence electrons. The number of ether oxygens (including phenoxy) is 2. The van der Waals surface area contributed by atoms with Crippen molar-refractivity contribution in [1.82, 2.24) is 10.2 Å². The Labute approximate surface area is 164 Å². The zero-order valence-corrected chi connectivity index (χ0v) is 16.4. The van der Waals surface area contributed by atoms with E-state index in [0.29, 0.717) is 10.9 Å². The molecule has 7 nitrogen and oxygen atoms in total. The van der Waals surface area contributed by atoms with E-state index in [1.165, 1.54) is 7.11 Å². The third-order valence-electron chi connectivity index (χ3n) is 5.20. The molecule has 1 aromatic rings. The van der Waals surface area contributed by atoms with Crippen molar-refractivity contribution in [3.63, 3.8) is 0 Å². The van der Waals surface area contributed by atoms with Crippen LogP contribution < -0.4 is 15.4 Å². The van der Waals surface area contributed by atoms with Crippen LogP contribution in [0.5, 0.6) is 5.75 Å². The van der Waals surface area contributed by atoms with Crippen LogP contribution in [-0.2, 0) is 14.3 Å². The Kier molecular flexibility index (Phi) is 6.15. The fraction of sp³-hybridized carbons (Fsp3) is 0.526. The number of nitrogens with zero attached hydrogens (tertiary/aromatic N) is 1. The normalized spacial score (nSPS) is 24.4. The number of thiocarbonyl (C=S) groups is 1. The van der Waals surface area contributed by atoms with Crippen LogP contribution in [0.3, 0.4) is 0 Å². The lowest BCUT2D eigenvalue weighted by atomic mass is 9.85. The minimum Gasteiger partial charge on any atom is -0.497 e. The van der Waals surface area contributed by atoms with E-state index in [-0.39, 0.29) is 24.4 Å². The van der Waals surface area contributed by atoms with Crippen LogP contribution in [0, 0.1) is 0 Å². The largest absolute Gasteiger partial charge is 0.497 e. The van der Waals surface area contributed by atoms with Crippen LogP contribution in [0.25, 0.3) is 0 Å². The summed E-state index contributed by atoms with van der Waals surface area (Å²) in [5, 5.41) is 6.71. The molecule has 0 bridgehead atoms. The number of esters is 1. The van der Waals surface area contributed by atoms with Crippen LogP contribution in [0.1, 0.15) is 32.1 Å². The van der Waals surface area contributed by atoms with Crippen LogP contribution in [-0.4, -0.2) is 54.2 Å². The topological polar surface area (TPSA) is 79.9 Å². The number of nitrogens with one attached hydrogen (secondary N) is 2. The number of rotatable bonds is 4. The number of fused-ring (bicyclic) bond motifs is 1. The molecule has 2 fully saturated rings. The third kappa shape index (κ3) is 4.32. The second-order valence-electron chi connectivity index (χ2n) is 6.83. The number of hydrogen-bond acceptors (Lipinski definition) is 5. The quantitative estimate of drug-likeness (QED) is 0.601. The Morgan fingerprint density at radius 2 is 2.11 bits per heavy atom. The maximum absolute atomic E-state index is 12.7. The van der Waals surface area contributed by atoms with Crippen molar-refractivity contribution >= 4 is 34.9 Å². The molecule has 1 saturated heterocycles. The number of carbonyl (C=O) groups is 2. The van der Waals surface area contributed by atoms with E-state index in [1.54, 1.807) is 7.11 Å². The van der Waals surface area contributed by atoms with Crippen molar-refractivity contribution in [2.45, 2.75) is 50.2 Å². The summed E-state index contributed by atoms with van der Waals surface area (Å²) < 4.78 is 10.0. The van der Waals surface area contributed by atoms with Gasteiger partial charge in [-0.3, -0.25) is 9.59 Å². The summed E-state index contributed by atoms with van der Waals surface area (Å²) >= 11 is 5.66. The summed E-state index contributed by atoms with van der Waals surface area (Å²) in [6, 6.07) is 6.86. The van der Waals surface area contributed by atoms with E-state index in [4.69, 9.17) is 21.7 Å². The van der Waals surface area contributed by atoms with Gasteiger partial charge in [0.2, 0.25) is 5.91 Å². The molecular weight excluding hydrogens is 366 g/mol. The van der Waals surface area contributed by atoms with Crippen LogP contribution in [0.15, 0.2) is 24.3 Å². The highest BCUT2D eigenvalue weighted by Crippen LogP contribution is 2.30. The van der Waals surface area contributed by atoms with Gasteiger partial charge in [-0.05, 0) is 37.2 Å². The predicted octanol–water partition coefficient (Wildman–Crippen LogP) is 2.07. The van der Waals surface area contributed by atoms with Crippen molar-refractivity contribution in [3.05, 3.63) is 24.3 Å². The molecule has 1 aromatic carbocycles. The summed E-state index contributed by atoms with van der Waals surface area (Å²) in [7, 11) is 2.93. The molecule has 27 heavy (non-hydrogen) atoms. The number of benzene rings is 1. The van der Waals surface area contributed by atoms with Crippen LogP contribution in [0.4, 0.5) is 5.69 Å². The monoisotopic (exact) mass is 391 g/mol. The van der Waals surface area contributed by atoms with Gasteiger partial charge in [0.05, 0.1) is 26.7 Å². The molecule has 1 saturated carbocycles. The zero-order chi connectivity index (χ0) is 19.4. The molecule has 0 radical (unpaired) electrons. The van der Waals surface area contributed by atoms with Crippen LogP contribution in [0.2, 0.25) is 0 Å². The van der Waals surface area contributed by atoms with Gasteiger partial charge in [-0.2, -0.15) is 0 Å². The minimum absolute atomic E-state index is 0.0362. The molecule has 0 unspecified atom stereocenters. The standard InChI is InChI=1S/C19H25N3O4S/c1-25-13-7-5-6-12(10-13)20-19(27)22-15-9-4-3-8-14(15)21-18(24)16(22)11-17(23)26-2/h5-7,10,14-16H,3-4,8-9,11H2,1-2H3,(H,20,27)(H,21,24)/t14-,15-,16-/m1/s1. The molecule has 1 amide bonds. The van der Waals surface area contributed by atoms with Crippen molar-refractivity contribution in [2.24, 2.45) is 0 Å². The van der Waals surface area contributed by atoms with Crippen molar-refractivity contribution in [1.29, 1.82) is 0 Å². The number of hydrogen-bond donors (Lipinski definition) is 2. The highest BCUT2D eigenvalue weighted by atomic mass is 32.1. The Balaban J connectivity index is 1.85. The molecule has 1 aliphatic heterocycles. The van der Waals surface area contributed by atoms with Gasteiger partial charge in [0.15, 0.2) is 5.11 Å². The Hall–Kier alpha value is -2.35. The third-order valence-corrected chi connectivity index (χ3v) is 5.51. The van der Waals surface area contributed by atoms with Crippen molar-refractivity contribution in [2.75, 3.05) is 19.5 Å². The van der Waals surface area contributed by atoms with Crippen molar-refractivity contribution in [3.8, 4) is 5.75 Å². The van der Waals surface area contributed by atoms with Gasteiger partial charge in [-0.25, -0.2) is 0 Å². The van der Waals surface area contributed by atoms with E-state index in [2.05, 4.69) is 10.6 Å². The molecular formula is C19H25N3O4S. The first-order chi connectivity index (χ1) is 13.0. The molecule has 0 spiro atoms. The summed E-state index contributed by atoms with van der Waals surface area (Å²) in [6.45, 7) is 0. The van der Waals surface area contributed by atoms with Gasteiger partial charge in [0, 0.05) is 17.8 Å². The van der Waals surface area contributed by atoms with Crippen molar-refractivity contribution < 1.29 is 19.1 Å². The summed E-state index contributed by atoms with van der Waals surface area (Å²) in [5.74, 6) is 0.0952. The summed E-state index contributed by atoms with van der Waals surface area (Å²) in [6.07, 6.45) is 3.95. The highest BCUT2D eigenvalue weighted by Gasteiger charge is 2.44. The number of carbonyl (C=O) groups excluding carboxylic acids is 2. The highest BCUT2D eigenvalue weighted by molar-refractivity contribution is 7.80.